The maximum absolute atomic E-state index is 4.57. The predicted molar refractivity (Wildman–Crippen MR) is 85.0 cm³/mol. The van der Waals surface area contributed by atoms with Crippen LogP contribution in [0.3, 0.4) is 0 Å². The highest BCUT2D eigenvalue weighted by Gasteiger charge is 2.22. The zero-order valence-corrected chi connectivity index (χ0v) is 12.3. The van der Waals surface area contributed by atoms with E-state index in [0.717, 1.165) is 29.6 Å². The fourth-order valence-electron chi connectivity index (χ4n) is 2.10. The van der Waals surface area contributed by atoms with Gasteiger partial charge in [0.15, 0.2) is 5.96 Å². The minimum Gasteiger partial charge on any atom is -0.357 e. The summed E-state index contributed by atoms with van der Waals surface area (Å²) in [4.78, 5) is 12.3. The molecule has 1 aliphatic carbocycles. The van der Waals surface area contributed by atoms with Gasteiger partial charge in [-0.15, -0.1) is 0 Å². The molecule has 1 aromatic heterocycles. The number of aromatic amines is 1. The highest BCUT2D eigenvalue weighted by Crippen LogP contribution is 2.18. The molecule has 0 aliphatic heterocycles. The van der Waals surface area contributed by atoms with Crippen LogP contribution in [0.5, 0.6) is 0 Å². The number of H-pyrrole nitrogens is 1. The summed E-state index contributed by atoms with van der Waals surface area (Å²) in [6, 6.07) is 10.8. The van der Waals surface area contributed by atoms with Crippen molar-refractivity contribution < 1.29 is 0 Å². The van der Waals surface area contributed by atoms with Gasteiger partial charge >= 0.3 is 0 Å². The normalized spacial score (nSPS) is 15.0. The first-order valence-corrected chi connectivity index (χ1v) is 7.49. The quantitative estimate of drug-likeness (QED) is 0.583. The van der Waals surface area contributed by atoms with Crippen LogP contribution in [-0.4, -0.2) is 28.5 Å². The second-order valence-corrected chi connectivity index (χ2v) is 5.22. The number of guanidine groups is 1. The van der Waals surface area contributed by atoms with Crippen molar-refractivity contribution >= 4 is 5.96 Å². The van der Waals surface area contributed by atoms with E-state index in [2.05, 4.69) is 44.7 Å². The molecule has 0 atom stereocenters. The molecule has 5 nitrogen and oxygen atoms in total. The molecule has 3 rings (SSSR count). The van der Waals surface area contributed by atoms with Gasteiger partial charge in [-0.25, -0.2) is 9.98 Å². The number of benzene rings is 1. The molecule has 0 radical (unpaired) electrons. The van der Waals surface area contributed by atoms with Gasteiger partial charge in [0.1, 0.15) is 12.4 Å². The van der Waals surface area contributed by atoms with Crippen LogP contribution in [0.25, 0.3) is 11.3 Å². The van der Waals surface area contributed by atoms with Crippen molar-refractivity contribution in [1.82, 2.24) is 20.6 Å². The Kier molecular flexibility index (Phi) is 4.19. The Balaban J connectivity index is 1.65. The highest BCUT2D eigenvalue weighted by atomic mass is 15.2. The third-order valence-electron chi connectivity index (χ3n) is 3.36. The van der Waals surface area contributed by atoms with Crippen LogP contribution in [0, 0.1) is 0 Å². The molecule has 110 valence electrons. The molecule has 3 N–H and O–H groups in total. The number of imidazole rings is 1. The largest absolute Gasteiger partial charge is 0.357 e. The number of aromatic nitrogens is 2. The average Bonchev–Trinajstić information content (AvgIpc) is 3.20. The van der Waals surface area contributed by atoms with E-state index < -0.39 is 0 Å². The van der Waals surface area contributed by atoms with E-state index in [1.165, 1.54) is 12.8 Å². The molecule has 1 saturated carbocycles. The van der Waals surface area contributed by atoms with Gasteiger partial charge in [0.05, 0.1) is 11.9 Å². The molecule has 0 bridgehead atoms. The van der Waals surface area contributed by atoms with Crippen molar-refractivity contribution in [3.8, 4) is 11.3 Å². The molecule has 21 heavy (non-hydrogen) atoms. The Morgan fingerprint density at radius 3 is 2.86 bits per heavy atom. The summed E-state index contributed by atoms with van der Waals surface area (Å²) >= 11 is 0. The zero-order valence-electron chi connectivity index (χ0n) is 12.3. The summed E-state index contributed by atoms with van der Waals surface area (Å²) in [6.45, 7) is 3.49. The monoisotopic (exact) mass is 283 g/mol. The smallest absolute Gasteiger partial charge is 0.191 e. The lowest BCUT2D eigenvalue weighted by Crippen LogP contribution is -2.38. The van der Waals surface area contributed by atoms with E-state index in [4.69, 9.17) is 0 Å². The molecule has 1 fully saturated rings. The summed E-state index contributed by atoms with van der Waals surface area (Å²) < 4.78 is 0. The van der Waals surface area contributed by atoms with Crippen molar-refractivity contribution in [2.24, 2.45) is 4.99 Å². The topological polar surface area (TPSA) is 65.1 Å². The van der Waals surface area contributed by atoms with Gasteiger partial charge in [-0.3, -0.25) is 0 Å². The Morgan fingerprint density at radius 1 is 1.33 bits per heavy atom. The maximum atomic E-state index is 4.57. The van der Waals surface area contributed by atoms with Gasteiger partial charge in [0.2, 0.25) is 0 Å². The SMILES string of the molecule is CCNC(=NCc1ncc(-c2ccccc2)[nH]1)NC1CC1. The molecule has 0 amide bonds. The third-order valence-corrected chi connectivity index (χ3v) is 3.36. The molecule has 0 spiro atoms. The van der Waals surface area contributed by atoms with E-state index in [1.54, 1.807) is 0 Å². The Morgan fingerprint density at radius 2 is 2.14 bits per heavy atom. The molecule has 1 heterocycles. The van der Waals surface area contributed by atoms with Crippen LogP contribution in [-0.2, 0) is 6.54 Å². The number of hydrogen-bond donors (Lipinski definition) is 3. The van der Waals surface area contributed by atoms with Crippen molar-refractivity contribution in [3.05, 3.63) is 42.4 Å². The predicted octanol–water partition coefficient (Wildman–Crippen LogP) is 2.29. The van der Waals surface area contributed by atoms with Crippen molar-refractivity contribution in [1.29, 1.82) is 0 Å². The second-order valence-electron chi connectivity index (χ2n) is 5.22. The van der Waals surface area contributed by atoms with Gasteiger partial charge in [-0.1, -0.05) is 30.3 Å². The van der Waals surface area contributed by atoms with Crippen LogP contribution in [0.1, 0.15) is 25.6 Å². The Labute approximate surface area is 124 Å². The zero-order chi connectivity index (χ0) is 14.5. The van der Waals surface area contributed by atoms with E-state index in [0.29, 0.717) is 12.6 Å². The molecule has 5 heteroatoms. The lowest BCUT2D eigenvalue weighted by atomic mass is 10.2. The van der Waals surface area contributed by atoms with E-state index in [-0.39, 0.29) is 0 Å². The van der Waals surface area contributed by atoms with Crippen molar-refractivity contribution in [3.63, 3.8) is 0 Å². The molecule has 2 aromatic rings. The lowest BCUT2D eigenvalue weighted by Gasteiger charge is -2.09. The van der Waals surface area contributed by atoms with Crippen molar-refractivity contribution in [2.75, 3.05) is 6.54 Å². The lowest BCUT2D eigenvalue weighted by molar-refractivity contribution is 0.804. The molecule has 1 aliphatic rings. The first-order valence-electron chi connectivity index (χ1n) is 7.49. The van der Waals surface area contributed by atoms with Crippen LogP contribution in [0.4, 0.5) is 0 Å². The Bertz CT molecular complexity index is 598. The number of aliphatic imine (C=N–C) groups is 1. The standard InChI is InChI=1S/C16H21N5/c1-2-17-16(20-13-8-9-13)19-11-15-18-10-14(21-15)12-6-4-3-5-7-12/h3-7,10,13H,2,8-9,11H2,1H3,(H,18,21)(H2,17,19,20). The summed E-state index contributed by atoms with van der Waals surface area (Å²) in [5.74, 6) is 1.75. The molecular formula is C16H21N5. The summed E-state index contributed by atoms with van der Waals surface area (Å²) in [6.07, 6.45) is 4.34. The number of nitrogens with zero attached hydrogens (tertiary/aromatic N) is 2. The van der Waals surface area contributed by atoms with Crippen LogP contribution >= 0.6 is 0 Å². The van der Waals surface area contributed by atoms with Gasteiger partial charge < -0.3 is 15.6 Å². The summed E-state index contributed by atoms with van der Waals surface area (Å²) in [7, 11) is 0. The number of rotatable bonds is 5. The molecule has 1 aromatic carbocycles. The van der Waals surface area contributed by atoms with Crippen LogP contribution < -0.4 is 10.6 Å². The van der Waals surface area contributed by atoms with Crippen molar-refractivity contribution in [2.45, 2.75) is 32.4 Å². The van der Waals surface area contributed by atoms with Gasteiger partial charge in [0.25, 0.3) is 0 Å². The van der Waals surface area contributed by atoms with Crippen LogP contribution in [0.15, 0.2) is 41.5 Å². The van der Waals surface area contributed by atoms with Crippen LogP contribution in [0.2, 0.25) is 0 Å². The number of nitrogens with one attached hydrogen (secondary N) is 3. The van der Waals surface area contributed by atoms with E-state index in [9.17, 15) is 0 Å². The minimum absolute atomic E-state index is 0.550. The van der Waals surface area contributed by atoms with E-state index >= 15 is 0 Å². The van der Waals surface area contributed by atoms with E-state index in [1.807, 2.05) is 24.4 Å². The average molecular weight is 283 g/mol. The van der Waals surface area contributed by atoms with Gasteiger partial charge in [0, 0.05) is 12.6 Å². The van der Waals surface area contributed by atoms with Gasteiger partial charge in [-0.05, 0) is 25.3 Å². The first-order chi connectivity index (χ1) is 10.3. The molecular weight excluding hydrogens is 262 g/mol. The summed E-state index contributed by atoms with van der Waals surface area (Å²) in [5.41, 5.74) is 2.17. The maximum Gasteiger partial charge on any atom is 0.191 e. The first kappa shape index (κ1) is 13.7. The van der Waals surface area contributed by atoms with Gasteiger partial charge in [-0.2, -0.15) is 0 Å². The fraction of sp³-hybridized carbons (Fsp3) is 0.375. The summed E-state index contributed by atoms with van der Waals surface area (Å²) in [5, 5.41) is 6.66. The third kappa shape index (κ3) is 3.84. The highest BCUT2D eigenvalue weighted by molar-refractivity contribution is 5.80. The minimum atomic E-state index is 0.550. The second kappa shape index (κ2) is 6.43. The Hall–Kier alpha value is -2.30. The fourth-order valence-corrected chi connectivity index (χ4v) is 2.10. The molecule has 0 unspecified atom stereocenters. The molecule has 0 saturated heterocycles. The number of hydrogen-bond acceptors (Lipinski definition) is 2.